The molecule has 1 aliphatic rings. The van der Waals surface area contributed by atoms with E-state index in [2.05, 4.69) is 10.6 Å². The number of amides is 1. The summed E-state index contributed by atoms with van der Waals surface area (Å²) >= 11 is 0. The molecule has 0 aliphatic heterocycles. The molecule has 0 unspecified atom stereocenters. The number of ketones is 2. The van der Waals surface area contributed by atoms with Crippen molar-refractivity contribution < 1.29 is 18.8 Å². The van der Waals surface area contributed by atoms with Crippen LogP contribution < -0.4 is 10.6 Å². The zero-order valence-corrected chi connectivity index (χ0v) is 15.5. The summed E-state index contributed by atoms with van der Waals surface area (Å²) in [7, 11) is 0. The lowest BCUT2D eigenvalue weighted by molar-refractivity contribution is -0.116. The van der Waals surface area contributed by atoms with Crippen molar-refractivity contribution in [3.8, 4) is 0 Å². The molecule has 0 bridgehead atoms. The quantitative estimate of drug-likeness (QED) is 0.553. The van der Waals surface area contributed by atoms with Crippen LogP contribution in [0.25, 0.3) is 0 Å². The van der Waals surface area contributed by atoms with E-state index in [1.807, 2.05) is 0 Å². The first-order chi connectivity index (χ1) is 13.9. The molecule has 0 saturated carbocycles. The van der Waals surface area contributed by atoms with E-state index in [0.717, 1.165) is 0 Å². The van der Waals surface area contributed by atoms with E-state index in [1.54, 1.807) is 55.5 Å². The predicted octanol–water partition coefficient (Wildman–Crippen LogP) is 4.04. The molecule has 0 saturated heterocycles. The lowest BCUT2D eigenvalue weighted by Crippen LogP contribution is -2.32. The van der Waals surface area contributed by atoms with Gasteiger partial charge in [0.15, 0.2) is 11.6 Å². The fourth-order valence-electron chi connectivity index (χ4n) is 3.29. The van der Waals surface area contributed by atoms with Crippen LogP contribution in [0.2, 0.25) is 0 Å². The number of carbonyl (C=O) groups excluding carboxylic acids is 3. The molecule has 5 nitrogen and oxygen atoms in total. The van der Waals surface area contributed by atoms with Gasteiger partial charge in [0.25, 0.3) is 0 Å². The topological polar surface area (TPSA) is 75.3 Å². The highest BCUT2D eigenvalue weighted by atomic mass is 19.1. The first-order valence-electron chi connectivity index (χ1n) is 9.09. The molecule has 1 atom stereocenters. The molecule has 0 radical (unpaired) electrons. The van der Waals surface area contributed by atoms with Crippen LogP contribution in [0.15, 0.2) is 66.7 Å². The Morgan fingerprint density at radius 3 is 2.00 bits per heavy atom. The third-order valence-corrected chi connectivity index (χ3v) is 4.81. The summed E-state index contributed by atoms with van der Waals surface area (Å²) in [6.45, 7) is 1.67. The van der Waals surface area contributed by atoms with Crippen molar-refractivity contribution in [1.29, 1.82) is 0 Å². The summed E-state index contributed by atoms with van der Waals surface area (Å²) in [6.07, 6.45) is 0. The molecular weight excluding hydrogens is 371 g/mol. The molecule has 0 heterocycles. The van der Waals surface area contributed by atoms with E-state index in [9.17, 15) is 18.8 Å². The lowest BCUT2D eigenvalue weighted by Gasteiger charge is -2.19. The molecule has 1 aliphatic carbocycles. The van der Waals surface area contributed by atoms with Crippen LogP contribution in [0.5, 0.6) is 0 Å². The Labute approximate surface area is 166 Å². The molecule has 144 valence electrons. The summed E-state index contributed by atoms with van der Waals surface area (Å²) in [4.78, 5) is 37.9. The average molecular weight is 388 g/mol. The summed E-state index contributed by atoms with van der Waals surface area (Å²) in [5.74, 6) is -1.14. The Hall–Kier alpha value is -3.80. The molecule has 0 aromatic heterocycles. The molecule has 2 N–H and O–H groups in total. The van der Waals surface area contributed by atoms with Crippen molar-refractivity contribution in [2.75, 3.05) is 10.6 Å². The molecule has 6 heteroatoms. The van der Waals surface area contributed by atoms with E-state index in [1.165, 1.54) is 18.2 Å². The van der Waals surface area contributed by atoms with Crippen molar-refractivity contribution >= 4 is 28.8 Å². The van der Waals surface area contributed by atoms with Crippen molar-refractivity contribution in [3.63, 3.8) is 0 Å². The molecule has 0 spiro atoms. The third-order valence-electron chi connectivity index (χ3n) is 4.81. The van der Waals surface area contributed by atoms with E-state index in [-0.39, 0.29) is 28.9 Å². The van der Waals surface area contributed by atoms with Crippen LogP contribution in [0.1, 0.15) is 38.8 Å². The number of fused-ring (bicyclic) bond motifs is 2. The lowest BCUT2D eigenvalue weighted by atomic mass is 9.84. The number of carbonyl (C=O) groups is 3. The molecule has 1 amide bonds. The van der Waals surface area contributed by atoms with Crippen LogP contribution in [-0.2, 0) is 4.79 Å². The summed E-state index contributed by atoms with van der Waals surface area (Å²) in [5.41, 5.74) is 2.37. The number of rotatable bonds is 4. The number of hydrogen-bond acceptors (Lipinski definition) is 4. The van der Waals surface area contributed by atoms with Crippen LogP contribution in [0.3, 0.4) is 0 Å². The molecule has 4 rings (SSSR count). The van der Waals surface area contributed by atoms with Crippen molar-refractivity contribution in [3.05, 3.63) is 94.8 Å². The van der Waals surface area contributed by atoms with Gasteiger partial charge in [-0.3, -0.25) is 14.4 Å². The molecule has 29 heavy (non-hydrogen) atoms. The van der Waals surface area contributed by atoms with Gasteiger partial charge in [-0.1, -0.05) is 24.3 Å². The Morgan fingerprint density at radius 1 is 0.793 bits per heavy atom. The van der Waals surface area contributed by atoms with Crippen LogP contribution in [0.4, 0.5) is 15.8 Å². The second kappa shape index (κ2) is 7.31. The van der Waals surface area contributed by atoms with E-state index in [4.69, 9.17) is 0 Å². The smallest absolute Gasteiger partial charge is 0.246 e. The molecule has 0 fully saturated rings. The molecular formula is C23H17FN2O3. The largest absolute Gasteiger partial charge is 0.374 e. The Morgan fingerprint density at radius 2 is 1.34 bits per heavy atom. The van der Waals surface area contributed by atoms with Gasteiger partial charge < -0.3 is 10.6 Å². The second-order valence-corrected chi connectivity index (χ2v) is 6.83. The van der Waals surface area contributed by atoms with Crippen molar-refractivity contribution in [1.82, 2.24) is 0 Å². The highest BCUT2D eigenvalue weighted by Gasteiger charge is 2.29. The Bertz CT molecular complexity index is 1140. The standard InChI is InChI=1S/C23H17FN2O3/c1-13(25-15-8-6-14(24)7-9-15)23(29)26-16-10-11-19-20(12-16)22(28)18-5-3-2-4-17(18)21(19)27/h2-13,25H,1H3,(H,26,29)/t13-/m0/s1. The minimum Gasteiger partial charge on any atom is -0.374 e. The predicted molar refractivity (Wildman–Crippen MR) is 108 cm³/mol. The van der Waals surface area contributed by atoms with Crippen molar-refractivity contribution in [2.45, 2.75) is 13.0 Å². The fourth-order valence-corrected chi connectivity index (χ4v) is 3.29. The minimum atomic E-state index is -0.602. The van der Waals surface area contributed by atoms with E-state index >= 15 is 0 Å². The van der Waals surface area contributed by atoms with Gasteiger partial charge in [0.05, 0.1) is 0 Å². The normalized spacial score (nSPS) is 13.3. The molecule has 3 aromatic carbocycles. The maximum absolute atomic E-state index is 13.0. The Balaban J connectivity index is 1.53. The number of benzene rings is 3. The summed E-state index contributed by atoms with van der Waals surface area (Å²) < 4.78 is 13.0. The zero-order chi connectivity index (χ0) is 20.5. The highest BCUT2D eigenvalue weighted by Crippen LogP contribution is 2.29. The first kappa shape index (κ1) is 18.6. The minimum absolute atomic E-state index is 0.209. The third kappa shape index (κ3) is 3.52. The van der Waals surface area contributed by atoms with Gasteiger partial charge in [-0.2, -0.15) is 0 Å². The molecule has 3 aromatic rings. The average Bonchev–Trinajstić information content (AvgIpc) is 2.73. The van der Waals surface area contributed by atoms with Gasteiger partial charge in [0, 0.05) is 33.6 Å². The van der Waals surface area contributed by atoms with E-state index < -0.39 is 6.04 Å². The van der Waals surface area contributed by atoms with Crippen molar-refractivity contribution in [2.24, 2.45) is 0 Å². The van der Waals surface area contributed by atoms with Gasteiger partial charge in [0.1, 0.15) is 11.9 Å². The number of anilines is 2. The van der Waals surface area contributed by atoms with Gasteiger partial charge in [-0.25, -0.2) is 4.39 Å². The number of nitrogens with one attached hydrogen (secondary N) is 2. The fraction of sp³-hybridized carbons (Fsp3) is 0.0870. The van der Waals surface area contributed by atoms with Gasteiger partial charge in [-0.15, -0.1) is 0 Å². The first-order valence-corrected chi connectivity index (χ1v) is 9.09. The maximum Gasteiger partial charge on any atom is 0.246 e. The number of halogens is 1. The van der Waals surface area contributed by atoms with Gasteiger partial charge in [0.2, 0.25) is 5.91 Å². The van der Waals surface area contributed by atoms with Gasteiger partial charge >= 0.3 is 0 Å². The number of hydrogen-bond donors (Lipinski definition) is 2. The Kier molecular flexibility index (Phi) is 4.68. The van der Waals surface area contributed by atoms with Gasteiger partial charge in [-0.05, 0) is 49.4 Å². The summed E-state index contributed by atoms with van der Waals surface area (Å²) in [6, 6.07) is 16.5. The second-order valence-electron chi connectivity index (χ2n) is 6.83. The van der Waals surface area contributed by atoms with Crippen LogP contribution in [0, 0.1) is 5.82 Å². The van der Waals surface area contributed by atoms with E-state index in [0.29, 0.717) is 28.1 Å². The highest BCUT2D eigenvalue weighted by molar-refractivity contribution is 6.28. The SMILES string of the molecule is C[C@H](Nc1ccc(F)cc1)C(=O)Nc1ccc2c(c1)C(=O)c1ccccc1C2=O. The summed E-state index contributed by atoms with van der Waals surface area (Å²) in [5, 5.41) is 5.72. The zero-order valence-electron chi connectivity index (χ0n) is 15.5. The maximum atomic E-state index is 13.0. The monoisotopic (exact) mass is 388 g/mol. The van der Waals surface area contributed by atoms with Crippen LogP contribution >= 0.6 is 0 Å². The van der Waals surface area contributed by atoms with Crippen LogP contribution in [-0.4, -0.2) is 23.5 Å².